The van der Waals surface area contributed by atoms with E-state index >= 15 is 0 Å². The molecule has 2 aromatic carbocycles. The van der Waals surface area contributed by atoms with Crippen molar-refractivity contribution in [2.75, 3.05) is 5.73 Å². The minimum atomic E-state index is 0.427. The number of aromatic nitrogens is 2. The van der Waals surface area contributed by atoms with Crippen LogP contribution in [0.1, 0.15) is 5.56 Å². The van der Waals surface area contributed by atoms with Gasteiger partial charge < -0.3 is 10.2 Å². The van der Waals surface area contributed by atoms with Crippen LogP contribution >= 0.6 is 0 Å². The summed E-state index contributed by atoms with van der Waals surface area (Å²) in [6.07, 6.45) is 1.43. The molecule has 0 unspecified atom stereocenters. The maximum Gasteiger partial charge on any atom is 0.232 e. The lowest BCUT2D eigenvalue weighted by atomic mass is 9.98. The van der Waals surface area contributed by atoms with E-state index in [1.807, 2.05) is 30.3 Å². The van der Waals surface area contributed by atoms with Gasteiger partial charge in [-0.3, -0.25) is 0 Å². The molecule has 4 rings (SSSR count). The molecular formula is C19H15N3O. The van der Waals surface area contributed by atoms with Gasteiger partial charge in [0.2, 0.25) is 5.71 Å². The normalized spacial score (nSPS) is 11.0. The Morgan fingerprint density at radius 2 is 1.61 bits per heavy atom. The molecule has 0 spiro atoms. The van der Waals surface area contributed by atoms with E-state index in [9.17, 15) is 0 Å². The summed E-state index contributed by atoms with van der Waals surface area (Å²) in [7, 11) is 0. The lowest BCUT2D eigenvalue weighted by Crippen LogP contribution is -1.92. The molecule has 2 heterocycles. The molecule has 0 aliphatic heterocycles. The van der Waals surface area contributed by atoms with Crippen molar-refractivity contribution < 1.29 is 4.42 Å². The molecule has 2 N–H and O–H groups in total. The molecule has 2 aromatic heterocycles. The highest BCUT2D eigenvalue weighted by atomic mass is 16.3. The Balaban J connectivity index is 2.08. The molecule has 112 valence electrons. The molecule has 4 heteroatoms. The number of hydrogen-bond donors (Lipinski definition) is 1. The van der Waals surface area contributed by atoms with Gasteiger partial charge in [0.1, 0.15) is 17.9 Å². The second-order valence-corrected chi connectivity index (χ2v) is 5.48. The van der Waals surface area contributed by atoms with Crippen molar-refractivity contribution >= 4 is 16.9 Å². The van der Waals surface area contributed by atoms with E-state index in [0.717, 1.165) is 27.8 Å². The van der Waals surface area contributed by atoms with E-state index in [0.29, 0.717) is 11.5 Å². The topological polar surface area (TPSA) is 64.9 Å². The quantitative estimate of drug-likeness (QED) is 0.594. The number of rotatable bonds is 2. The van der Waals surface area contributed by atoms with Gasteiger partial charge in [-0.2, -0.15) is 0 Å². The first kappa shape index (κ1) is 13.5. The van der Waals surface area contributed by atoms with Gasteiger partial charge in [-0.25, -0.2) is 9.97 Å². The van der Waals surface area contributed by atoms with Gasteiger partial charge in [0.05, 0.1) is 5.39 Å². The average Bonchev–Trinajstić information content (AvgIpc) is 2.97. The Labute approximate surface area is 133 Å². The van der Waals surface area contributed by atoms with E-state index in [4.69, 9.17) is 10.2 Å². The molecule has 0 aliphatic carbocycles. The van der Waals surface area contributed by atoms with Gasteiger partial charge in [0.25, 0.3) is 0 Å². The highest BCUT2D eigenvalue weighted by Gasteiger charge is 2.20. The largest absolute Gasteiger partial charge is 0.437 e. The van der Waals surface area contributed by atoms with Crippen molar-refractivity contribution in [2.24, 2.45) is 0 Å². The predicted molar refractivity (Wildman–Crippen MR) is 91.8 cm³/mol. The fourth-order valence-electron chi connectivity index (χ4n) is 2.74. The van der Waals surface area contributed by atoms with E-state index in [1.54, 1.807) is 0 Å². The molecule has 0 atom stereocenters. The summed E-state index contributed by atoms with van der Waals surface area (Å²) in [5, 5.41) is 0.759. The first-order valence-electron chi connectivity index (χ1n) is 7.39. The molecule has 0 radical (unpaired) electrons. The second kappa shape index (κ2) is 5.25. The van der Waals surface area contributed by atoms with Gasteiger partial charge >= 0.3 is 0 Å². The SMILES string of the molecule is Cc1ccc(-c2c(-c3ccccc3)oc3ncnc(N)c23)cc1. The third-order valence-electron chi connectivity index (χ3n) is 3.89. The molecule has 0 bridgehead atoms. The monoisotopic (exact) mass is 301 g/mol. The van der Waals surface area contributed by atoms with Gasteiger partial charge in [-0.1, -0.05) is 60.2 Å². The highest BCUT2D eigenvalue weighted by molar-refractivity contribution is 6.05. The number of nitrogen functional groups attached to an aromatic ring is 1. The zero-order valence-electron chi connectivity index (χ0n) is 12.7. The van der Waals surface area contributed by atoms with Crippen LogP contribution in [0.2, 0.25) is 0 Å². The van der Waals surface area contributed by atoms with Crippen molar-refractivity contribution in [2.45, 2.75) is 6.92 Å². The van der Waals surface area contributed by atoms with E-state index < -0.39 is 0 Å². The fraction of sp³-hybridized carbons (Fsp3) is 0.0526. The second-order valence-electron chi connectivity index (χ2n) is 5.48. The molecule has 0 aliphatic rings. The number of aryl methyl sites for hydroxylation is 1. The first-order valence-corrected chi connectivity index (χ1v) is 7.39. The maximum absolute atomic E-state index is 6.10. The number of anilines is 1. The first-order chi connectivity index (χ1) is 11.2. The number of benzene rings is 2. The average molecular weight is 301 g/mol. The number of nitrogens with zero attached hydrogens (tertiary/aromatic N) is 2. The molecule has 4 nitrogen and oxygen atoms in total. The van der Waals surface area contributed by atoms with Crippen LogP contribution in [0.25, 0.3) is 33.6 Å². The number of nitrogens with two attached hydrogens (primary N) is 1. The van der Waals surface area contributed by atoms with Crippen molar-refractivity contribution in [1.29, 1.82) is 0 Å². The van der Waals surface area contributed by atoms with Crippen LogP contribution in [0.3, 0.4) is 0 Å². The number of hydrogen-bond acceptors (Lipinski definition) is 4. The van der Waals surface area contributed by atoms with Crippen LogP contribution in [-0.4, -0.2) is 9.97 Å². The van der Waals surface area contributed by atoms with Crippen molar-refractivity contribution in [3.05, 3.63) is 66.5 Å². The van der Waals surface area contributed by atoms with E-state index in [2.05, 4.69) is 41.2 Å². The number of fused-ring (bicyclic) bond motifs is 1. The van der Waals surface area contributed by atoms with Crippen LogP contribution in [0.5, 0.6) is 0 Å². The van der Waals surface area contributed by atoms with Crippen molar-refractivity contribution in [1.82, 2.24) is 9.97 Å². The summed E-state index contributed by atoms with van der Waals surface area (Å²) in [4.78, 5) is 8.36. The molecule has 0 amide bonds. The predicted octanol–water partition coefficient (Wildman–Crippen LogP) is 4.45. The Hall–Kier alpha value is -3.14. The minimum absolute atomic E-state index is 0.427. The summed E-state index contributed by atoms with van der Waals surface area (Å²) < 4.78 is 6.02. The Morgan fingerprint density at radius 3 is 2.35 bits per heavy atom. The number of furan rings is 1. The van der Waals surface area contributed by atoms with Crippen LogP contribution < -0.4 is 5.73 Å². The Morgan fingerprint density at radius 1 is 0.870 bits per heavy atom. The fourth-order valence-corrected chi connectivity index (χ4v) is 2.74. The van der Waals surface area contributed by atoms with Crippen LogP contribution in [0.15, 0.2) is 65.3 Å². The molecule has 0 saturated carbocycles. The Bertz CT molecular complexity index is 973. The van der Waals surface area contributed by atoms with E-state index in [1.165, 1.54) is 11.9 Å². The highest BCUT2D eigenvalue weighted by Crippen LogP contribution is 2.41. The van der Waals surface area contributed by atoms with Crippen molar-refractivity contribution in [3.8, 4) is 22.5 Å². The third kappa shape index (κ3) is 2.25. The van der Waals surface area contributed by atoms with Gasteiger partial charge in [-0.05, 0) is 12.5 Å². The maximum atomic E-state index is 6.10. The summed E-state index contributed by atoms with van der Waals surface area (Å²) in [6.45, 7) is 2.06. The zero-order chi connectivity index (χ0) is 15.8. The Kier molecular flexibility index (Phi) is 3.08. The smallest absolute Gasteiger partial charge is 0.232 e. The standard InChI is InChI=1S/C19H15N3O/c1-12-7-9-13(10-8-12)15-16-18(20)21-11-22-19(16)23-17(15)14-5-3-2-4-6-14/h2-11H,1H3,(H2,20,21,22). The molecule has 0 fully saturated rings. The van der Waals surface area contributed by atoms with Crippen molar-refractivity contribution in [3.63, 3.8) is 0 Å². The summed E-state index contributed by atoms with van der Waals surface area (Å²) in [5.74, 6) is 1.19. The third-order valence-corrected chi connectivity index (χ3v) is 3.89. The lowest BCUT2D eigenvalue weighted by molar-refractivity contribution is 0.618. The minimum Gasteiger partial charge on any atom is -0.437 e. The summed E-state index contributed by atoms with van der Waals surface area (Å²) in [6, 6.07) is 18.2. The van der Waals surface area contributed by atoms with Gasteiger partial charge in [0, 0.05) is 11.1 Å². The van der Waals surface area contributed by atoms with E-state index in [-0.39, 0.29) is 0 Å². The van der Waals surface area contributed by atoms with Crippen LogP contribution in [0, 0.1) is 6.92 Å². The lowest BCUT2D eigenvalue weighted by Gasteiger charge is -2.05. The van der Waals surface area contributed by atoms with Crippen LogP contribution in [-0.2, 0) is 0 Å². The molecule has 4 aromatic rings. The summed E-state index contributed by atoms with van der Waals surface area (Å²) in [5.41, 5.74) is 10.8. The summed E-state index contributed by atoms with van der Waals surface area (Å²) >= 11 is 0. The molecule has 0 saturated heterocycles. The zero-order valence-corrected chi connectivity index (χ0v) is 12.7. The van der Waals surface area contributed by atoms with Gasteiger partial charge in [-0.15, -0.1) is 0 Å². The van der Waals surface area contributed by atoms with Crippen LogP contribution in [0.4, 0.5) is 5.82 Å². The molecule has 23 heavy (non-hydrogen) atoms. The van der Waals surface area contributed by atoms with Gasteiger partial charge in [0.15, 0.2) is 0 Å². The molecular weight excluding hydrogens is 286 g/mol.